The van der Waals surface area contributed by atoms with E-state index in [1.165, 1.54) is 25.2 Å². The van der Waals surface area contributed by atoms with Gasteiger partial charge in [-0.15, -0.1) is 0 Å². The number of hydrogen-bond donors (Lipinski definition) is 3. The molecule has 0 atom stereocenters. The van der Waals surface area contributed by atoms with Crippen LogP contribution >= 0.6 is 0 Å². The van der Waals surface area contributed by atoms with Gasteiger partial charge in [0.15, 0.2) is 0 Å². The summed E-state index contributed by atoms with van der Waals surface area (Å²) in [4.78, 5) is 11.2. The lowest BCUT2D eigenvalue weighted by Crippen LogP contribution is -2.33. The predicted octanol–water partition coefficient (Wildman–Crippen LogP) is -0.991. The highest BCUT2D eigenvalue weighted by Gasteiger charge is 2.22. The molecule has 0 saturated carbocycles. The van der Waals surface area contributed by atoms with Gasteiger partial charge in [0, 0.05) is 12.2 Å². The molecule has 8 nitrogen and oxygen atoms in total. The van der Waals surface area contributed by atoms with Gasteiger partial charge < -0.3 is 5.32 Å². The Bertz CT molecular complexity index is 771. The van der Waals surface area contributed by atoms with Gasteiger partial charge in [-0.05, 0) is 30.8 Å². The summed E-state index contributed by atoms with van der Waals surface area (Å²) in [5.74, 6) is -0.541. The molecule has 1 aliphatic rings. The fourth-order valence-electron chi connectivity index (χ4n) is 1.87. The number of sulfonamides is 2. The Labute approximate surface area is 123 Å². The monoisotopic (exact) mass is 333 g/mol. The number of benzene rings is 1. The van der Waals surface area contributed by atoms with Crippen molar-refractivity contribution in [3.8, 4) is 0 Å². The van der Waals surface area contributed by atoms with Gasteiger partial charge >= 0.3 is 0 Å². The van der Waals surface area contributed by atoms with Crippen molar-refractivity contribution in [3.05, 3.63) is 23.8 Å². The van der Waals surface area contributed by atoms with Gasteiger partial charge in [-0.25, -0.2) is 26.3 Å². The minimum absolute atomic E-state index is 0.000365. The Hall–Kier alpha value is -1.49. The third-order valence-electron chi connectivity index (χ3n) is 2.99. The van der Waals surface area contributed by atoms with Crippen molar-refractivity contribution in [2.24, 2.45) is 0 Å². The maximum Gasteiger partial charge on any atom is 0.240 e. The van der Waals surface area contributed by atoms with Crippen LogP contribution in [0.3, 0.4) is 0 Å². The standard InChI is InChI=1S/C11H15N3O5S2/c1-12-20(16,17)5-4-13-21(18,19)9-2-3-10-8(6-9)7-11(15)14-10/h2-3,6,12-13H,4-5,7H2,1H3,(H,14,15). The summed E-state index contributed by atoms with van der Waals surface area (Å²) in [6, 6.07) is 4.28. The molecule has 2 rings (SSSR count). The van der Waals surface area contributed by atoms with Crippen LogP contribution < -0.4 is 14.8 Å². The van der Waals surface area contributed by atoms with E-state index >= 15 is 0 Å². The first-order valence-corrected chi connectivity index (χ1v) is 9.21. The third kappa shape index (κ3) is 3.79. The first-order valence-electron chi connectivity index (χ1n) is 6.07. The molecule has 1 amide bonds. The number of anilines is 1. The molecular formula is C11H15N3O5S2. The van der Waals surface area contributed by atoms with Crippen molar-refractivity contribution in [1.29, 1.82) is 0 Å². The Kier molecular flexibility index (Phi) is 4.33. The number of hydrogen-bond acceptors (Lipinski definition) is 5. The number of nitrogens with one attached hydrogen (secondary N) is 3. The SMILES string of the molecule is CNS(=O)(=O)CCNS(=O)(=O)c1ccc2c(c1)CC(=O)N2. The first kappa shape index (κ1) is 15.9. The molecular weight excluding hydrogens is 318 g/mol. The zero-order valence-corrected chi connectivity index (χ0v) is 12.8. The second-order valence-electron chi connectivity index (χ2n) is 4.46. The zero-order chi connectivity index (χ0) is 15.7. The van der Waals surface area contributed by atoms with Gasteiger partial charge in [-0.3, -0.25) is 4.79 Å². The average molecular weight is 333 g/mol. The fraction of sp³-hybridized carbons (Fsp3) is 0.364. The van der Waals surface area contributed by atoms with Crippen LogP contribution in [0.4, 0.5) is 5.69 Å². The van der Waals surface area contributed by atoms with E-state index in [-0.39, 0.29) is 29.5 Å². The van der Waals surface area contributed by atoms with Crippen LogP contribution in [0.1, 0.15) is 5.56 Å². The Morgan fingerprint density at radius 1 is 1.24 bits per heavy atom. The van der Waals surface area contributed by atoms with Crippen LogP contribution in [0.2, 0.25) is 0 Å². The van der Waals surface area contributed by atoms with Gasteiger partial charge in [0.1, 0.15) is 0 Å². The third-order valence-corrected chi connectivity index (χ3v) is 5.81. The molecule has 1 aromatic carbocycles. The maximum absolute atomic E-state index is 12.1. The lowest BCUT2D eigenvalue weighted by atomic mass is 10.2. The van der Waals surface area contributed by atoms with Gasteiger partial charge in [0.05, 0.1) is 17.1 Å². The highest BCUT2D eigenvalue weighted by molar-refractivity contribution is 7.90. The molecule has 116 valence electrons. The molecule has 0 aliphatic carbocycles. The van der Waals surface area contributed by atoms with Crippen LogP contribution in [0.5, 0.6) is 0 Å². The van der Waals surface area contributed by atoms with Crippen molar-refractivity contribution >= 4 is 31.6 Å². The van der Waals surface area contributed by atoms with E-state index in [1.54, 1.807) is 0 Å². The molecule has 21 heavy (non-hydrogen) atoms. The van der Waals surface area contributed by atoms with Crippen LogP contribution in [0.15, 0.2) is 23.1 Å². The number of fused-ring (bicyclic) bond motifs is 1. The molecule has 3 N–H and O–H groups in total. The van der Waals surface area contributed by atoms with Gasteiger partial charge in [-0.2, -0.15) is 0 Å². The van der Waals surface area contributed by atoms with E-state index in [0.29, 0.717) is 11.3 Å². The highest BCUT2D eigenvalue weighted by atomic mass is 32.2. The van der Waals surface area contributed by atoms with Crippen molar-refractivity contribution in [2.45, 2.75) is 11.3 Å². The second-order valence-corrected chi connectivity index (χ2v) is 8.28. The van der Waals surface area contributed by atoms with E-state index < -0.39 is 20.0 Å². The van der Waals surface area contributed by atoms with Crippen molar-refractivity contribution in [3.63, 3.8) is 0 Å². The molecule has 0 radical (unpaired) electrons. The number of amides is 1. The minimum atomic E-state index is -3.81. The van der Waals surface area contributed by atoms with Crippen LogP contribution in [-0.4, -0.2) is 42.1 Å². The van der Waals surface area contributed by atoms with E-state index in [9.17, 15) is 21.6 Å². The van der Waals surface area contributed by atoms with Gasteiger partial charge in [0.2, 0.25) is 26.0 Å². The Morgan fingerprint density at radius 2 is 1.95 bits per heavy atom. The van der Waals surface area contributed by atoms with Crippen LogP contribution in [0.25, 0.3) is 0 Å². The largest absolute Gasteiger partial charge is 0.326 e. The van der Waals surface area contributed by atoms with Crippen LogP contribution in [-0.2, 0) is 31.3 Å². The van der Waals surface area contributed by atoms with Crippen LogP contribution in [0, 0.1) is 0 Å². The molecule has 10 heteroatoms. The first-order chi connectivity index (χ1) is 9.73. The molecule has 1 aliphatic heterocycles. The van der Waals surface area contributed by atoms with Crippen molar-refractivity contribution < 1.29 is 21.6 Å². The summed E-state index contributed by atoms with van der Waals surface area (Å²) in [5, 5.41) is 2.60. The normalized spacial score (nSPS) is 14.8. The lowest BCUT2D eigenvalue weighted by Gasteiger charge is -2.08. The van der Waals surface area contributed by atoms with Crippen molar-refractivity contribution in [2.75, 3.05) is 24.7 Å². The highest BCUT2D eigenvalue weighted by Crippen LogP contribution is 2.25. The quantitative estimate of drug-likeness (QED) is 0.617. The zero-order valence-electron chi connectivity index (χ0n) is 11.2. The molecule has 0 unspecified atom stereocenters. The molecule has 1 aromatic rings. The van der Waals surface area contributed by atoms with E-state index in [4.69, 9.17) is 0 Å². The van der Waals surface area contributed by atoms with Gasteiger partial charge in [-0.1, -0.05) is 0 Å². The van der Waals surface area contributed by atoms with Gasteiger partial charge in [0.25, 0.3) is 0 Å². The summed E-state index contributed by atoms with van der Waals surface area (Å²) in [6.07, 6.45) is 0.132. The van der Waals surface area contributed by atoms with E-state index in [1.807, 2.05) is 0 Å². The maximum atomic E-state index is 12.1. The molecule has 0 fully saturated rings. The van der Waals surface area contributed by atoms with Crippen molar-refractivity contribution in [1.82, 2.24) is 9.44 Å². The van der Waals surface area contributed by atoms with E-state index in [0.717, 1.165) is 0 Å². The molecule has 0 spiro atoms. The Balaban J connectivity index is 2.10. The summed E-state index contributed by atoms with van der Waals surface area (Å²) in [6.45, 7) is -0.236. The lowest BCUT2D eigenvalue weighted by molar-refractivity contribution is -0.115. The molecule has 0 saturated heterocycles. The number of carbonyl (C=O) groups is 1. The topological polar surface area (TPSA) is 121 Å². The summed E-state index contributed by atoms with van der Waals surface area (Å²) < 4.78 is 50.9. The second kappa shape index (κ2) is 5.72. The summed E-state index contributed by atoms with van der Waals surface area (Å²) in [7, 11) is -6.03. The minimum Gasteiger partial charge on any atom is -0.326 e. The Morgan fingerprint density at radius 3 is 2.62 bits per heavy atom. The number of rotatable bonds is 6. The number of carbonyl (C=O) groups excluding carboxylic acids is 1. The smallest absolute Gasteiger partial charge is 0.240 e. The predicted molar refractivity (Wildman–Crippen MR) is 76.8 cm³/mol. The summed E-state index contributed by atoms with van der Waals surface area (Å²) >= 11 is 0. The molecule has 1 heterocycles. The fourth-order valence-corrected chi connectivity index (χ4v) is 3.65. The molecule has 0 aromatic heterocycles. The van der Waals surface area contributed by atoms with E-state index in [2.05, 4.69) is 14.8 Å². The molecule has 0 bridgehead atoms. The summed E-state index contributed by atoms with van der Waals surface area (Å²) in [5.41, 5.74) is 1.20. The average Bonchev–Trinajstić information content (AvgIpc) is 2.77.